The molecular formula is C11H14N6O. The summed E-state index contributed by atoms with van der Waals surface area (Å²) in [7, 11) is 1.81. The molecule has 0 aliphatic heterocycles. The van der Waals surface area contributed by atoms with E-state index in [1.807, 2.05) is 6.92 Å². The van der Waals surface area contributed by atoms with Crippen LogP contribution in [0.5, 0.6) is 0 Å². The van der Waals surface area contributed by atoms with E-state index in [4.69, 9.17) is 0 Å². The molecule has 94 valence electrons. The van der Waals surface area contributed by atoms with E-state index < -0.39 is 0 Å². The van der Waals surface area contributed by atoms with Crippen molar-refractivity contribution in [2.24, 2.45) is 7.05 Å². The molecular weight excluding hydrogens is 232 g/mol. The van der Waals surface area contributed by atoms with Crippen LogP contribution in [0.4, 0.5) is 5.69 Å². The van der Waals surface area contributed by atoms with Crippen molar-refractivity contribution >= 4 is 11.6 Å². The summed E-state index contributed by atoms with van der Waals surface area (Å²) in [5.41, 5.74) is 1.45. The zero-order chi connectivity index (χ0) is 12.7. The van der Waals surface area contributed by atoms with Gasteiger partial charge in [0.25, 0.3) is 5.91 Å². The minimum Gasteiger partial charge on any atom is -0.316 e. The molecule has 7 nitrogen and oxygen atoms in total. The summed E-state index contributed by atoms with van der Waals surface area (Å²) in [6.07, 6.45) is 4.00. The number of carbonyl (C=O) groups excluding carboxylic acids is 1. The van der Waals surface area contributed by atoms with Gasteiger partial charge in [0.05, 0.1) is 11.4 Å². The minimum absolute atomic E-state index is 0.181. The zero-order valence-corrected chi connectivity index (χ0v) is 10.3. The maximum atomic E-state index is 11.9. The predicted octanol–water partition coefficient (Wildman–Crippen LogP) is 0.976. The van der Waals surface area contributed by atoms with E-state index in [9.17, 15) is 4.79 Å². The molecule has 1 aliphatic rings. The van der Waals surface area contributed by atoms with Gasteiger partial charge in [0.15, 0.2) is 0 Å². The number of aryl methyl sites for hydroxylation is 2. The quantitative estimate of drug-likeness (QED) is 0.844. The Balaban J connectivity index is 1.75. The zero-order valence-electron chi connectivity index (χ0n) is 10.3. The van der Waals surface area contributed by atoms with E-state index >= 15 is 0 Å². The van der Waals surface area contributed by atoms with E-state index in [2.05, 4.69) is 25.6 Å². The normalized spacial score (nSPS) is 14.8. The number of anilines is 1. The topological polar surface area (TPSA) is 88.5 Å². The molecule has 1 amide bonds. The van der Waals surface area contributed by atoms with Crippen LogP contribution in [0.15, 0.2) is 6.20 Å². The Morgan fingerprint density at radius 2 is 2.33 bits per heavy atom. The first kappa shape index (κ1) is 10.9. The first-order valence-electron chi connectivity index (χ1n) is 5.87. The molecule has 1 saturated carbocycles. The number of rotatable bonds is 3. The molecule has 3 rings (SSSR count). The lowest BCUT2D eigenvalue weighted by atomic mass is 10.4. The fraction of sp³-hybridized carbons (Fsp3) is 0.455. The molecule has 1 fully saturated rings. The Labute approximate surface area is 104 Å². The van der Waals surface area contributed by atoms with Crippen molar-refractivity contribution in [3.8, 4) is 0 Å². The molecule has 18 heavy (non-hydrogen) atoms. The van der Waals surface area contributed by atoms with Crippen LogP contribution in [-0.2, 0) is 7.05 Å². The highest BCUT2D eigenvalue weighted by Crippen LogP contribution is 2.37. The van der Waals surface area contributed by atoms with E-state index in [1.54, 1.807) is 17.9 Å². The van der Waals surface area contributed by atoms with Crippen LogP contribution in [0.2, 0.25) is 0 Å². The lowest BCUT2D eigenvalue weighted by molar-refractivity contribution is 0.101. The van der Waals surface area contributed by atoms with Crippen LogP contribution in [0.25, 0.3) is 0 Å². The van der Waals surface area contributed by atoms with Gasteiger partial charge in [-0.2, -0.15) is 5.10 Å². The molecule has 0 atom stereocenters. The number of hydrogen-bond acceptors (Lipinski definition) is 4. The Kier molecular flexibility index (Phi) is 2.39. The van der Waals surface area contributed by atoms with Gasteiger partial charge in [0.2, 0.25) is 5.82 Å². The molecule has 2 heterocycles. The van der Waals surface area contributed by atoms with Gasteiger partial charge >= 0.3 is 0 Å². The molecule has 0 saturated heterocycles. The second-order valence-corrected chi connectivity index (χ2v) is 4.57. The van der Waals surface area contributed by atoms with Gasteiger partial charge in [-0.3, -0.25) is 14.6 Å². The van der Waals surface area contributed by atoms with E-state index in [-0.39, 0.29) is 11.7 Å². The number of aromatic nitrogens is 5. The predicted molar refractivity (Wildman–Crippen MR) is 64.3 cm³/mol. The van der Waals surface area contributed by atoms with Crippen LogP contribution in [-0.4, -0.2) is 30.9 Å². The SMILES string of the molecule is Cc1nn(C)cc1NC(=O)c1n[nH]c(C2CC2)n1. The number of H-pyrrole nitrogens is 1. The van der Waals surface area contributed by atoms with Gasteiger partial charge in [-0.05, 0) is 19.8 Å². The number of aromatic amines is 1. The Hall–Kier alpha value is -2.18. The number of carbonyl (C=O) groups is 1. The first-order chi connectivity index (χ1) is 8.63. The summed E-state index contributed by atoms with van der Waals surface area (Å²) in [5.74, 6) is 1.14. The third kappa shape index (κ3) is 1.99. The highest BCUT2D eigenvalue weighted by atomic mass is 16.2. The second kappa shape index (κ2) is 3.94. The summed E-state index contributed by atoms with van der Waals surface area (Å²) in [5, 5.41) is 13.7. The molecule has 2 aromatic heterocycles. The third-order valence-corrected chi connectivity index (χ3v) is 2.93. The van der Waals surface area contributed by atoms with E-state index in [0.29, 0.717) is 11.6 Å². The molecule has 0 spiro atoms. The summed E-state index contributed by atoms with van der Waals surface area (Å²) < 4.78 is 1.65. The molecule has 0 unspecified atom stereocenters. The monoisotopic (exact) mass is 246 g/mol. The molecule has 0 bridgehead atoms. The van der Waals surface area contributed by atoms with Crippen molar-refractivity contribution < 1.29 is 4.79 Å². The highest BCUT2D eigenvalue weighted by molar-refractivity contribution is 6.01. The van der Waals surface area contributed by atoms with Crippen molar-refractivity contribution in [1.29, 1.82) is 0 Å². The van der Waals surface area contributed by atoms with E-state index in [1.165, 1.54) is 0 Å². The van der Waals surface area contributed by atoms with Crippen LogP contribution in [0, 0.1) is 6.92 Å². The average Bonchev–Trinajstić information content (AvgIpc) is 2.96. The van der Waals surface area contributed by atoms with Gasteiger partial charge in [-0.25, -0.2) is 4.98 Å². The lowest BCUT2D eigenvalue weighted by Gasteiger charge is -1.98. The number of nitrogens with one attached hydrogen (secondary N) is 2. The Morgan fingerprint density at radius 1 is 1.56 bits per heavy atom. The molecule has 0 radical (unpaired) electrons. The smallest absolute Gasteiger partial charge is 0.295 e. The third-order valence-electron chi connectivity index (χ3n) is 2.93. The standard InChI is InChI=1S/C11H14N6O/c1-6-8(5-17(2)16-6)12-11(18)10-13-9(14-15-10)7-3-4-7/h5,7H,3-4H2,1-2H3,(H,12,18)(H,13,14,15). The number of nitrogens with zero attached hydrogens (tertiary/aromatic N) is 4. The van der Waals surface area contributed by atoms with Crippen molar-refractivity contribution in [2.45, 2.75) is 25.7 Å². The fourth-order valence-electron chi connectivity index (χ4n) is 1.82. The maximum Gasteiger partial charge on any atom is 0.295 e. The highest BCUT2D eigenvalue weighted by Gasteiger charge is 2.28. The van der Waals surface area contributed by atoms with Gasteiger partial charge in [-0.1, -0.05) is 0 Å². The van der Waals surface area contributed by atoms with Gasteiger partial charge in [-0.15, -0.1) is 5.10 Å². The maximum absolute atomic E-state index is 11.9. The first-order valence-corrected chi connectivity index (χ1v) is 5.87. The molecule has 1 aliphatic carbocycles. The fourth-order valence-corrected chi connectivity index (χ4v) is 1.82. The average molecular weight is 246 g/mol. The Bertz CT molecular complexity index is 594. The number of amides is 1. The lowest BCUT2D eigenvalue weighted by Crippen LogP contribution is -2.14. The summed E-state index contributed by atoms with van der Waals surface area (Å²) in [4.78, 5) is 16.1. The molecule has 2 N–H and O–H groups in total. The van der Waals surface area contributed by atoms with Crippen molar-refractivity contribution in [2.75, 3.05) is 5.32 Å². The van der Waals surface area contributed by atoms with Crippen LogP contribution in [0.1, 0.15) is 40.9 Å². The van der Waals surface area contributed by atoms with E-state index in [0.717, 1.165) is 24.4 Å². The second-order valence-electron chi connectivity index (χ2n) is 4.57. The van der Waals surface area contributed by atoms with Crippen LogP contribution < -0.4 is 5.32 Å². The largest absolute Gasteiger partial charge is 0.316 e. The molecule has 7 heteroatoms. The van der Waals surface area contributed by atoms with Crippen molar-refractivity contribution in [3.05, 3.63) is 23.5 Å². The van der Waals surface area contributed by atoms with Gasteiger partial charge < -0.3 is 5.32 Å². The molecule has 2 aromatic rings. The van der Waals surface area contributed by atoms with Gasteiger partial charge in [0, 0.05) is 19.2 Å². The van der Waals surface area contributed by atoms with Gasteiger partial charge in [0.1, 0.15) is 5.82 Å². The number of hydrogen-bond donors (Lipinski definition) is 2. The minimum atomic E-state index is -0.311. The Morgan fingerprint density at radius 3 is 2.94 bits per heavy atom. The van der Waals surface area contributed by atoms with Crippen LogP contribution >= 0.6 is 0 Å². The summed E-state index contributed by atoms with van der Waals surface area (Å²) in [6, 6.07) is 0. The van der Waals surface area contributed by atoms with Crippen molar-refractivity contribution in [1.82, 2.24) is 25.0 Å². The summed E-state index contributed by atoms with van der Waals surface area (Å²) in [6.45, 7) is 1.84. The van der Waals surface area contributed by atoms with Crippen molar-refractivity contribution in [3.63, 3.8) is 0 Å². The van der Waals surface area contributed by atoms with Crippen LogP contribution in [0.3, 0.4) is 0 Å². The molecule has 0 aromatic carbocycles. The summed E-state index contributed by atoms with van der Waals surface area (Å²) >= 11 is 0.